The SMILES string of the molecule is CCC(O)(CC)c1cc(C(CNC)c2ccccc2)nc(-c2cc(C(C)C)c(F)cc2F)c1F. The van der Waals surface area contributed by atoms with E-state index in [-0.39, 0.29) is 47.1 Å². The maximum absolute atomic E-state index is 16.0. The van der Waals surface area contributed by atoms with Gasteiger partial charge in [0.05, 0.1) is 11.3 Å². The molecule has 1 atom stereocenters. The fourth-order valence-corrected chi connectivity index (χ4v) is 4.35. The van der Waals surface area contributed by atoms with Gasteiger partial charge in [0.15, 0.2) is 5.82 Å². The minimum atomic E-state index is -1.45. The van der Waals surface area contributed by atoms with Crippen LogP contribution in [0.4, 0.5) is 13.2 Å². The van der Waals surface area contributed by atoms with Crippen molar-refractivity contribution in [3.05, 3.63) is 88.4 Å². The summed E-state index contributed by atoms with van der Waals surface area (Å²) in [7, 11) is 1.81. The Labute approximate surface area is 200 Å². The molecule has 0 aliphatic rings. The highest BCUT2D eigenvalue weighted by molar-refractivity contribution is 5.64. The zero-order valence-corrected chi connectivity index (χ0v) is 20.4. The van der Waals surface area contributed by atoms with Gasteiger partial charge in [-0.25, -0.2) is 18.2 Å². The van der Waals surface area contributed by atoms with Gasteiger partial charge < -0.3 is 10.4 Å². The smallest absolute Gasteiger partial charge is 0.155 e. The van der Waals surface area contributed by atoms with Crippen molar-refractivity contribution in [1.29, 1.82) is 0 Å². The molecule has 1 aromatic heterocycles. The number of likely N-dealkylation sites (N-methyl/N-ethyl adjacent to an activating group) is 1. The van der Waals surface area contributed by atoms with Gasteiger partial charge in [-0.05, 0) is 49.1 Å². The first-order valence-corrected chi connectivity index (χ1v) is 11.8. The van der Waals surface area contributed by atoms with Crippen molar-refractivity contribution in [2.24, 2.45) is 0 Å². The van der Waals surface area contributed by atoms with Gasteiger partial charge in [0.1, 0.15) is 17.3 Å². The van der Waals surface area contributed by atoms with Crippen LogP contribution < -0.4 is 5.32 Å². The number of benzene rings is 2. The third kappa shape index (κ3) is 5.03. The molecule has 182 valence electrons. The number of aromatic nitrogens is 1. The lowest BCUT2D eigenvalue weighted by Gasteiger charge is -2.29. The van der Waals surface area contributed by atoms with Crippen LogP contribution in [0.5, 0.6) is 0 Å². The molecule has 2 N–H and O–H groups in total. The van der Waals surface area contributed by atoms with E-state index in [0.717, 1.165) is 11.6 Å². The molecular formula is C28H33F3N2O. The van der Waals surface area contributed by atoms with Crippen molar-refractivity contribution >= 4 is 0 Å². The molecule has 0 aliphatic heterocycles. The molecule has 0 amide bonds. The summed E-state index contributed by atoms with van der Waals surface area (Å²) in [6, 6.07) is 13.3. The molecule has 0 spiro atoms. The number of nitrogens with zero attached hydrogens (tertiary/aromatic N) is 1. The Bertz CT molecular complexity index is 1130. The quantitative estimate of drug-likeness (QED) is 0.368. The lowest BCUT2D eigenvalue weighted by molar-refractivity contribution is 0.0247. The normalized spacial score (nSPS) is 12.9. The lowest BCUT2D eigenvalue weighted by atomic mass is 9.84. The molecule has 6 heteroatoms. The van der Waals surface area contributed by atoms with Crippen molar-refractivity contribution in [3.63, 3.8) is 0 Å². The molecule has 0 saturated carbocycles. The fourth-order valence-electron chi connectivity index (χ4n) is 4.35. The Morgan fingerprint density at radius 1 is 0.971 bits per heavy atom. The van der Waals surface area contributed by atoms with Gasteiger partial charge in [-0.15, -0.1) is 0 Å². The Balaban J connectivity index is 2.36. The second-order valence-corrected chi connectivity index (χ2v) is 9.03. The standard InChI is InChI=1S/C28H33F3N2O/c1-6-28(34,7-2)22-14-25(21(16-32-5)18-11-9-8-10-12-18)33-27(26(22)31)20-13-19(17(3)4)23(29)15-24(20)30/h8-15,17,21,32,34H,6-7,16H2,1-5H3. The Morgan fingerprint density at radius 3 is 2.18 bits per heavy atom. The average Bonchev–Trinajstić information content (AvgIpc) is 2.83. The van der Waals surface area contributed by atoms with Crippen LogP contribution in [0.25, 0.3) is 11.3 Å². The van der Waals surface area contributed by atoms with E-state index in [1.54, 1.807) is 33.8 Å². The zero-order chi connectivity index (χ0) is 25.0. The van der Waals surface area contributed by atoms with Crippen LogP contribution in [0.1, 0.15) is 74.8 Å². The summed E-state index contributed by atoms with van der Waals surface area (Å²) >= 11 is 0. The van der Waals surface area contributed by atoms with E-state index in [4.69, 9.17) is 0 Å². The highest BCUT2D eigenvalue weighted by Crippen LogP contribution is 2.38. The van der Waals surface area contributed by atoms with Crippen LogP contribution in [0.15, 0.2) is 48.5 Å². The van der Waals surface area contributed by atoms with Crippen LogP contribution in [0.2, 0.25) is 0 Å². The molecule has 0 fully saturated rings. The Hall–Kier alpha value is -2.70. The molecule has 2 aromatic carbocycles. The van der Waals surface area contributed by atoms with Crippen LogP contribution in [-0.2, 0) is 5.60 Å². The third-order valence-electron chi connectivity index (χ3n) is 6.58. The summed E-state index contributed by atoms with van der Waals surface area (Å²) in [4.78, 5) is 4.58. The highest BCUT2D eigenvalue weighted by Gasteiger charge is 2.33. The predicted molar refractivity (Wildman–Crippen MR) is 130 cm³/mol. The van der Waals surface area contributed by atoms with Gasteiger partial charge in [-0.3, -0.25) is 0 Å². The zero-order valence-electron chi connectivity index (χ0n) is 20.4. The number of aliphatic hydroxyl groups is 1. The van der Waals surface area contributed by atoms with Gasteiger partial charge in [0.25, 0.3) is 0 Å². The largest absolute Gasteiger partial charge is 0.385 e. The van der Waals surface area contributed by atoms with Crippen LogP contribution >= 0.6 is 0 Å². The summed E-state index contributed by atoms with van der Waals surface area (Å²) in [5.41, 5.74) is 0.0223. The molecule has 3 nitrogen and oxygen atoms in total. The topological polar surface area (TPSA) is 45.1 Å². The number of hydrogen-bond donors (Lipinski definition) is 2. The van der Waals surface area contributed by atoms with Crippen molar-refractivity contribution in [1.82, 2.24) is 10.3 Å². The predicted octanol–water partition coefficient (Wildman–Crippen LogP) is 6.65. The van der Waals surface area contributed by atoms with Crippen molar-refractivity contribution in [2.75, 3.05) is 13.6 Å². The molecule has 3 rings (SSSR count). The van der Waals surface area contributed by atoms with Crippen LogP contribution in [0, 0.1) is 17.5 Å². The van der Waals surface area contributed by atoms with Crippen molar-refractivity contribution < 1.29 is 18.3 Å². The third-order valence-corrected chi connectivity index (χ3v) is 6.58. The molecule has 0 bridgehead atoms. The number of rotatable bonds is 9. The van der Waals surface area contributed by atoms with Crippen LogP contribution in [-0.4, -0.2) is 23.7 Å². The average molecular weight is 471 g/mol. The van der Waals surface area contributed by atoms with Crippen LogP contribution in [0.3, 0.4) is 0 Å². The summed E-state index contributed by atoms with van der Waals surface area (Å²) in [5.74, 6) is -2.85. The van der Waals surface area contributed by atoms with E-state index in [1.165, 1.54) is 6.07 Å². The Morgan fingerprint density at radius 2 is 1.62 bits per heavy atom. The van der Waals surface area contributed by atoms with E-state index < -0.39 is 23.1 Å². The summed E-state index contributed by atoms with van der Waals surface area (Å²) in [6.07, 6.45) is 0.545. The van der Waals surface area contributed by atoms with E-state index in [2.05, 4.69) is 10.3 Å². The minimum Gasteiger partial charge on any atom is -0.385 e. The van der Waals surface area contributed by atoms with Gasteiger partial charge in [-0.1, -0.05) is 58.0 Å². The second-order valence-electron chi connectivity index (χ2n) is 9.03. The molecule has 1 unspecified atom stereocenters. The van der Waals surface area contributed by atoms with Gasteiger partial charge in [-0.2, -0.15) is 0 Å². The first-order valence-electron chi connectivity index (χ1n) is 11.8. The molecule has 34 heavy (non-hydrogen) atoms. The summed E-state index contributed by atoms with van der Waals surface area (Å²) < 4.78 is 45.4. The fraction of sp³-hybridized carbons (Fsp3) is 0.393. The second kappa shape index (κ2) is 10.7. The van der Waals surface area contributed by atoms with Crippen molar-refractivity contribution in [3.8, 4) is 11.3 Å². The number of hydrogen-bond acceptors (Lipinski definition) is 3. The molecular weight excluding hydrogens is 437 g/mol. The Kier molecular flexibility index (Phi) is 8.16. The van der Waals surface area contributed by atoms with Gasteiger partial charge in [0.2, 0.25) is 0 Å². The molecule has 0 aliphatic carbocycles. The van der Waals surface area contributed by atoms with E-state index >= 15 is 8.78 Å². The number of halogens is 3. The molecule has 3 aromatic rings. The summed E-state index contributed by atoms with van der Waals surface area (Å²) in [6.45, 7) is 7.63. The number of pyridine rings is 1. The molecule has 0 radical (unpaired) electrons. The highest BCUT2D eigenvalue weighted by atomic mass is 19.1. The first-order chi connectivity index (χ1) is 16.2. The van der Waals surface area contributed by atoms with E-state index in [9.17, 15) is 9.50 Å². The van der Waals surface area contributed by atoms with Crippen molar-refractivity contribution in [2.45, 2.75) is 58.0 Å². The van der Waals surface area contributed by atoms with E-state index in [0.29, 0.717) is 12.2 Å². The van der Waals surface area contributed by atoms with Gasteiger partial charge in [0, 0.05) is 29.7 Å². The first kappa shape index (κ1) is 25.9. The maximum atomic E-state index is 16.0. The van der Waals surface area contributed by atoms with Gasteiger partial charge >= 0.3 is 0 Å². The van der Waals surface area contributed by atoms with E-state index in [1.807, 2.05) is 37.4 Å². The maximum Gasteiger partial charge on any atom is 0.155 e. The lowest BCUT2D eigenvalue weighted by Crippen LogP contribution is -2.27. The monoisotopic (exact) mass is 470 g/mol. The minimum absolute atomic E-state index is 0.0735. The number of nitrogens with one attached hydrogen (secondary N) is 1. The molecule has 0 saturated heterocycles. The summed E-state index contributed by atoms with van der Waals surface area (Å²) in [5, 5.41) is 14.4. The molecule has 1 heterocycles.